The summed E-state index contributed by atoms with van der Waals surface area (Å²) in [5.41, 5.74) is 0.677. The van der Waals surface area contributed by atoms with Crippen LogP contribution in [0.4, 0.5) is 0 Å². The summed E-state index contributed by atoms with van der Waals surface area (Å²) in [4.78, 5) is 15.2. The molecule has 0 aromatic heterocycles. The minimum absolute atomic E-state index is 0. The molecule has 2 heterocycles. The van der Waals surface area contributed by atoms with E-state index >= 15 is 0 Å². The number of hydrogen-bond donors (Lipinski definition) is 2. The molecular weight excluding hydrogens is 413 g/mol. The van der Waals surface area contributed by atoms with Crippen LogP contribution in [0.1, 0.15) is 31.2 Å². The van der Waals surface area contributed by atoms with Crippen molar-refractivity contribution in [3.8, 4) is 5.75 Å². The molecule has 2 aliphatic rings. The van der Waals surface area contributed by atoms with Gasteiger partial charge in [0.25, 0.3) is 5.91 Å². The summed E-state index contributed by atoms with van der Waals surface area (Å²) in [6, 6.07) is 8.30. The van der Waals surface area contributed by atoms with E-state index in [0.29, 0.717) is 5.92 Å². The highest BCUT2D eigenvalue weighted by molar-refractivity contribution is 5.86. The van der Waals surface area contributed by atoms with Crippen molar-refractivity contribution in [2.24, 2.45) is 5.92 Å². The lowest BCUT2D eigenvalue weighted by Crippen LogP contribution is -2.55. The molecular formula is C21H35Cl2N3O3. The Morgan fingerprint density at radius 3 is 2.31 bits per heavy atom. The normalized spacial score (nSPS) is 19.5. The minimum Gasteiger partial charge on any atom is -0.497 e. The van der Waals surface area contributed by atoms with Gasteiger partial charge in [0, 0.05) is 20.2 Å². The van der Waals surface area contributed by atoms with E-state index in [1.54, 1.807) is 14.2 Å². The molecule has 2 aliphatic heterocycles. The second-order valence-electron chi connectivity index (χ2n) is 7.73. The summed E-state index contributed by atoms with van der Waals surface area (Å²) in [6.45, 7) is 5.56. The van der Waals surface area contributed by atoms with Crippen LogP contribution in [0.2, 0.25) is 0 Å². The van der Waals surface area contributed by atoms with Gasteiger partial charge in [-0.3, -0.25) is 9.69 Å². The Kier molecular flexibility index (Phi) is 11.3. The molecule has 2 saturated heterocycles. The monoisotopic (exact) mass is 447 g/mol. The van der Waals surface area contributed by atoms with Crippen molar-refractivity contribution >= 4 is 30.7 Å². The molecule has 1 aromatic carbocycles. The molecule has 0 saturated carbocycles. The number of amides is 1. The van der Waals surface area contributed by atoms with Crippen LogP contribution in [-0.2, 0) is 16.1 Å². The van der Waals surface area contributed by atoms with Gasteiger partial charge < -0.3 is 20.1 Å². The van der Waals surface area contributed by atoms with E-state index in [9.17, 15) is 4.79 Å². The number of likely N-dealkylation sites (tertiary alicyclic amines) is 1. The molecule has 3 rings (SSSR count). The number of hydrogen-bond acceptors (Lipinski definition) is 5. The number of nitrogens with zero attached hydrogens (tertiary/aromatic N) is 1. The lowest BCUT2D eigenvalue weighted by molar-refractivity contribution is -0.147. The quantitative estimate of drug-likeness (QED) is 0.672. The van der Waals surface area contributed by atoms with Gasteiger partial charge in [-0.2, -0.15) is 0 Å². The number of benzene rings is 1. The SMILES string of the molecule is COc1ccc(CN2CCC(CNC(=O)C3(OC)CCNCC3)CC2)cc1.Cl.Cl. The zero-order valence-electron chi connectivity index (χ0n) is 17.4. The first-order valence-electron chi connectivity index (χ1n) is 10.0. The van der Waals surface area contributed by atoms with Crippen LogP contribution in [0.15, 0.2) is 24.3 Å². The molecule has 166 valence electrons. The number of methoxy groups -OCH3 is 2. The van der Waals surface area contributed by atoms with E-state index in [0.717, 1.165) is 70.7 Å². The average Bonchev–Trinajstić information content (AvgIpc) is 2.74. The van der Waals surface area contributed by atoms with E-state index in [1.807, 2.05) is 12.1 Å². The predicted octanol–water partition coefficient (Wildman–Crippen LogP) is 2.64. The molecule has 0 atom stereocenters. The molecule has 2 N–H and O–H groups in total. The van der Waals surface area contributed by atoms with Crippen molar-refractivity contribution < 1.29 is 14.3 Å². The van der Waals surface area contributed by atoms with E-state index in [4.69, 9.17) is 9.47 Å². The molecule has 0 bridgehead atoms. The Hall–Kier alpha value is -1.05. The first kappa shape index (κ1) is 26.0. The van der Waals surface area contributed by atoms with Gasteiger partial charge in [-0.15, -0.1) is 24.8 Å². The van der Waals surface area contributed by atoms with E-state index < -0.39 is 5.60 Å². The number of piperidine rings is 2. The van der Waals surface area contributed by atoms with Gasteiger partial charge in [0.05, 0.1) is 7.11 Å². The highest BCUT2D eigenvalue weighted by Crippen LogP contribution is 2.24. The van der Waals surface area contributed by atoms with Crippen LogP contribution in [-0.4, -0.2) is 63.4 Å². The zero-order valence-corrected chi connectivity index (χ0v) is 19.1. The van der Waals surface area contributed by atoms with Crippen molar-refractivity contribution in [2.45, 2.75) is 37.8 Å². The number of carbonyl (C=O) groups is 1. The standard InChI is InChI=1S/C21H33N3O3.2ClH/c1-26-19-5-3-18(4-6-19)16-24-13-7-17(8-14-24)15-23-20(25)21(27-2)9-11-22-12-10-21;;/h3-6,17,22H,7-16H2,1-2H3,(H,23,25);2*1H. The maximum atomic E-state index is 12.7. The smallest absolute Gasteiger partial charge is 0.252 e. The lowest BCUT2D eigenvalue weighted by Gasteiger charge is -2.36. The highest BCUT2D eigenvalue weighted by Gasteiger charge is 2.39. The van der Waals surface area contributed by atoms with Crippen molar-refractivity contribution in [1.29, 1.82) is 0 Å². The second-order valence-corrected chi connectivity index (χ2v) is 7.73. The third kappa shape index (κ3) is 7.00. The Morgan fingerprint density at radius 1 is 1.14 bits per heavy atom. The molecule has 0 spiro atoms. The molecule has 1 aromatic rings. The van der Waals surface area contributed by atoms with Crippen LogP contribution in [0.25, 0.3) is 0 Å². The molecule has 1 amide bonds. The van der Waals surface area contributed by atoms with Crippen LogP contribution in [0, 0.1) is 5.92 Å². The third-order valence-electron chi connectivity index (χ3n) is 6.04. The summed E-state index contributed by atoms with van der Waals surface area (Å²) in [7, 11) is 3.35. The lowest BCUT2D eigenvalue weighted by atomic mass is 9.90. The molecule has 8 heteroatoms. The Balaban J connectivity index is 0.00000210. The maximum absolute atomic E-state index is 12.7. The van der Waals surface area contributed by atoms with E-state index in [2.05, 4.69) is 27.7 Å². The van der Waals surface area contributed by atoms with Crippen LogP contribution < -0.4 is 15.4 Å². The Morgan fingerprint density at radius 2 is 1.76 bits per heavy atom. The van der Waals surface area contributed by atoms with Gasteiger partial charge >= 0.3 is 0 Å². The molecule has 6 nitrogen and oxygen atoms in total. The predicted molar refractivity (Wildman–Crippen MR) is 120 cm³/mol. The van der Waals surface area contributed by atoms with Gasteiger partial charge in [-0.05, 0) is 75.5 Å². The van der Waals surface area contributed by atoms with Crippen LogP contribution >= 0.6 is 24.8 Å². The summed E-state index contributed by atoms with van der Waals surface area (Å²) < 4.78 is 10.8. The number of ether oxygens (including phenoxy) is 2. The minimum atomic E-state index is -0.639. The van der Waals surface area contributed by atoms with Crippen LogP contribution in [0.5, 0.6) is 5.75 Å². The van der Waals surface area contributed by atoms with Crippen LogP contribution in [0.3, 0.4) is 0 Å². The van der Waals surface area contributed by atoms with Crippen molar-refractivity contribution in [1.82, 2.24) is 15.5 Å². The number of carbonyl (C=O) groups excluding carboxylic acids is 1. The second kappa shape index (κ2) is 12.6. The number of halogens is 2. The van der Waals surface area contributed by atoms with Gasteiger partial charge in [0.1, 0.15) is 11.4 Å². The summed E-state index contributed by atoms with van der Waals surface area (Å²) in [6.07, 6.45) is 3.74. The molecule has 0 radical (unpaired) electrons. The Labute approximate surface area is 186 Å². The van der Waals surface area contributed by atoms with Gasteiger partial charge in [0.2, 0.25) is 0 Å². The summed E-state index contributed by atoms with van der Waals surface area (Å²) in [5, 5.41) is 6.46. The number of nitrogens with one attached hydrogen (secondary N) is 2. The summed E-state index contributed by atoms with van der Waals surface area (Å²) >= 11 is 0. The third-order valence-corrected chi connectivity index (χ3v) is 6.04. The van der Waals surface area contributed by atoms with E-state index in [-0.39, 0.29) is 30.7 Å². The molecule has 2 fully saturated rings. The topological polar surface area (TPSA) is 62.8 Å². The first-order valence-corrected chi connectivity index (χ1v) is 10.0. The van der Waals surface area contributed by atoms with Crippen molar-refractivity contribution in [2.75, 3.05) is 46.9 Å². The fourth-order valence-electron chi connectivity index (χ4n) is 4.09. The molecule has 0 unspecified atom stereocenters. The first-order chi connectivity index (χ1) is 13.1. The Bertz CT molecular complexity index is 602. The number of rotatable bonds is 7. The largest absolute Gasteiger partial charge is 0.497 e. The van der Waals surface area contributed by atoms with E-state index in [1.165, 1.54) is 5.56 Å². The zero-order chi connectivity index (χ0) is 19.1. The van der Waals surface area contributed by atoms with Gasteiger partial charge in [0.15, 0.2) is 0 Å². The highest BCUT2D eigenvalue weighted by atomic mass is 35.5. The maximum Gasteiger partial charge on any atom is 0.252 e. The fraction of sp³-hybridized carbons (Fsp3) is 0.667. The average molecular weight is 448 g/mol. The van der Waals surface area contributed by atoms with Gasteiger partial charge in [-0.1, -0.05) is 12.1 Å². The van der Waals surface area contributed by atoms with Crippen molar-refractivity contribution in [3.05, 3.63) is 29.8 Å². The van der Waals surface area contributed by atoms with Crippen molar-refractivity contribution in [3.63, 3.8) is 0 Å². The molecule has 0 aliphatic carbocycles. The summed E-state index contributed by atoms with van der Waals surface area (Å²) in [5.74, 6) is 1.51. The molecule has 29 heavy (non-hydrogen) atoms. The van der Waals surface area contributed by atoms with Gasteiger partial charge in [-0.25, -0.2) is 0 Å². The fourth-order valence-corrected chi connectivity index (χ4v) is 4.09.